The van der Waals surface area contributed by atoms with Crippen LogP contribution in [0.25, 0.3) is 22.3 Å². The quantitative estimate of drug-likeness (QED) is 0.598. The Kier molecular flexibility index (Phi) is 3.28. The van der Waals surface area contributed by atoms with Crippen molar-refractivity contribution in [1.82, 2.24) is 9.97 Å². The lowest BCUT2D eigenvalue weighted by Crippen LogP contribution is -1.93. The maximum absolute atomic E-state index is 13.5. The smallest absolute Gasteiger partial charge is 0.161 e. The first kappa shape index (κ1) is 13.2. The van der Waals surface area contributed by atoms with Gasteiger partial charge in [0.25, 0.3) is 0 Å². The second kappa shape index (κ2) is 4.96. The van der Waals surface area contributed by atoms with Gasteiger partial charge in [0, 0.05) is 17.0 Å². The van der Waals surface area contributed by atoms with Crippen LogP contribution in [0, 0.1) is 11.6 Å². The average molecular weight is 311 g/mol. The van der Waals surface area contributed by atoms with Gasteiger partial charge in [0.15, 0.2) is 5.82 Å². The molecule has 100 valence electrons. The van der Waals surface area contributed by atoms with E-state index in [0.717, 1.165) is 0 Å². The van der Waals surface area contributed by atoms with Gasteiger partial charge in [-0.2, -0.15) is 0 Å². The predicted molar refractivity (Wildman–Crippen MR) is 74.9 cm³/mol. The lowest BCUT2D eigenvalue weighted by atomic mass is 10.2. The first-order chi connectivity index (χ1) is 9.54. The van der Waals surface area contributed by atoms with Gasteiger partial charge in [-0.05, 0) is 30.3 Å². The summed E-state index contributed by atoms with van der Waals surface area (Å²) < 4.78 is 26.7. The van der Waals surface area contributed by atoms with E-state index in [1.807, 2.05) is 0 Å². The maximum Gasteiger partial charge on any atom is 0.161 e. The van der Waals surface area contributed by atoms with Crippen LogP contribution in [0.1, 0.15) is 0 Å². The van der Waals surface area contributed by atoms with Crippen molar-refractivity contribution in [2.24, 2.45) is 0 Å². The molecule has 2 nitrogen and oxygen atoms in total. The third-order valence-electron chi connectivity index (χ3n) is 2.79. The van der Waals surface area contributed by atoms with Crippen molar-refractivity contribution in [1.29, 1.82) is 0 Å². The van der Waals surface area contributed by atoms with Gasteiger partial charge in [0.2, 0.25) is 0 Å². The molecule has 0 aliphatic rings. The average Bonchev–Trinajstić information content (AvgIpc) is 2.41. The van der Waals surface area contributed by atoms with Crippen LogP contribution in [0.2, 0.25) is 10.2 Å². The van der Waals surface area contributed by atoms with Gasteiger partial charge < -0.3 is 0 Å². The molecule has 0 unspecified atom stereocenters. The summed E-state index contributed by atoms with van der Waals surface area (Å²) in [5.41, 5.74) is 0.773. The number of aromatic nitrogens is 2. The summed E-state index contributed by atoms with van der Waals surface area (Å²) in [5, 5.41) is 0.721. The molecule has 0 saturated heterocycles. The van der Waals surface area contributed by atoms with Crippen LogP contribution >= 0.6 is 23.2 Å². The van der Waals surface area contributed by atoms with Crippen molar-refractivity contribution < 1.29 is 8.78 Å². The SMILES string of the molecule is Fc1ccc2c(Cl)nc(-c3ccc(Cl)c(F)c3)nc2c1. The second-order valence-electron chi connectivity index (χ2n) is 4.13. The van der Waals surface area contributed by atoms with Crippen molar-refractivity contribution in [2.75, 3.05) is 0 Å². The van der Waals surface area contributed by atoms with Crippen LogP contribution in [0.4, 0.5) is 8.78 Å². The van der Waals surface area contributed by atoms with Gasteiger partial charge >= 0.3 is 0 Å². The minimum Gasteiger partial charge on any atom is -0.228 e. The molecule has 1 heterocycles. The molecule has 1 aromatic heterocycles. The first-order valence-corrected chi connectivity index (χ1v) is 6.38. The molecular weight excluding hydrogens is 305 g/mol. The van der Waals surface area contributed by atoms with Gasteiger partial charge in [0.05, 0.1) is 10.5 Å². The van der Waals surface area contributed by atoms with Gasteiger partial charge in [0.1, 0.15) is 16.8 Å². The molecule has 0 atom stereocenters. The van der Waals surface area contributed by atoms with Crippen LogP contribution in [0.3, 0.4) is 0 Å². The Morgan fingerprint density at radius 2 is 1.70 bits per heavy atom. The van der Waals surface area contributed by atoms with Crippen LogP contribution in [-0.2, 0) is 0 Å². The van der Waals surface area contributed by atoms with Crippen molar-refractivity contribution in [3.8, 4) is 11.4 Å². The highest BCUT2D eigenvalue weighted by Crippen LogP contribution is 2.27. The lowest BCUT2D eigenvalue weighted by Gasteiger charge is -2.05. The van der Waals surface area contributed by atoms with Crippen molar-refractivity contribution in [2.45, 2.75) is 0 Å². The Hall–Kier alpha value is -1.78. The third-order valence-corrected chi connectivity index (χ3v) is 3.38. The van der Waals surface area contributed by atoms with Crippen molar-refractivity contribution in [3.05, 3.63) is 58.2 Å². The van der Waals surface area contributed by atoms with E-state index in [1.54, 1.807) is 6.07 Å². The fraction of sp³-hybridized carbons (Fsp3) is 0. The Labute approximate surface area is 123 Å². The highest BCUT2D eigenvalue weighted by Gasteiger charge is 2.10. The predicted octanol–water partition coefficient (Wildman–Crippen LogP) is 4.88. The van der Waals surface area contributed by atoms with Gasteiger partial charge in [-0.25, -0.2) is 18.7 Å². The minimum absolute atomic E-state index is 0.00619. The highest BCUT2D eigenvalue weighted by molar-refractivity contribution is 6.34. The number of halogens is 4. The second-order valence-corrected chi connectivity index (χ2v) is 4.89. The zero-order chi connectivity index (χ0) is 14.3. The summed E-state index contributed by atoms with van der Waals surface area (Å²) in [5.74, 6) is -0.799. The van der Waals surface area contributed by atoms with Crippen LogP contribution in [0.5, 0.6) is 0 Å². The first-order valence-electron chi connectivity index (χ1n) is 5.63. The van der Waals surface area contributed by atoms with E-state index < -0.39 is 11.6 Å². The molecular formula is C14H6Cl2F2N2. The summed E-state index contributed by atoms with van der Waals surface area (Å²) in [6.45, 7) is 0. The molecule has 0 radical (unpaired) electrons. The highest BCUT2D eigenvalue weighted by atomic mass is 35.5. The molecule has 0 spiro atoms. The topological polar surface area (TPSA) is 25.8 Å². The number of benzene rings is 2. The van der Waals surface area contributed by atoms with E-state index in [4.69, 9.17) is 23.2 Å². The molecule has 0 fully saturated rings. The summed E-state index contributed by atoms with van der Waals surface area (Å²) >= 11 is 11.7. The summed E-state index contributed by atoms with van der Waals surface area (Å²) in [7, 11) is 0. The van der Waals surface area contributed by atoms with E-state index in [9.17, 15) is 8.78 Å². The Bertz CT molecular complexity index is 822. The number of rotatable bonds is 1. The number of hydrogen-bond donors (Lipinski definition) is 0. The van der Waals surface area contributed by atoms with Crippen LogP contribution in [-0.4, -0.2) is 9.97 Å². The Balaban J connectivity index is 2.23. The van der Waals surface area contributed by atoms with E-state index in [0.29, 0.717) is 16.5 Å². The maximum atomic E-state index is 13.5. The van der Waals surface area contributed by atoms with Gasteiger partial charge in [-0.15, -0.1) is 0 Å². The monoisotopic (exact) mass is 310 g/mol. The molecule has 0 N–H and O–H groups in total. The fourth-order valence-corrected chi connectivity index (χ4v) is 2.19. The van der Waals surface area contributed by atoms with E-state index in [2.05, 4.69) is 9.97 Å². The van der Waals surface area contributed by atoms with E-state index in [1.165, 1.54) is 30.3 Å². The molecule has 0 bridgehead atoms. The van der Waals surface area contributed by atoms with Crippen molar-refractivity contribution in [3.63, 3.8) is 0 Å². The molecule has 0 aliphatic carbocycles. The minimum atomic E-state index is -0.580. The molecule has 3 rings (SSSR count). The number of hydrogen-bond acceptors (Lipinski definition) is 2. The van der Waals surface area contributed by atoms with Crippen LogP contribution < -0.4 is 0 Å². The summed E-state index contributed by atoms with van der Waals surface area (Å²) in [6.07, 6.45) is 0. The molecule has 0 saturated carbocycles. The molecule has 20 heavy (non-hydrogen) atoms. The Morgan fingerprint density at radius 3 is 2.45 bits per heavy atom. The zero-order valence-electron chi connectivity index (χ0n) is 9.87. The zero-order valence-corrected chi connectivity index (χ0v) is 11.4. The van der Waals surface area contributed by atoms with E-state index in [-0.39, 0.29) is 16.0 Å². The summed E-state index contributed by atoms with van der Waals surface area (Å²) in [4.78, 5) is 8.29. The standard InChI is InChI=1S/C14H6Cl2F2N2/c15-10-4-1-7(5-11(10)18)14-19-12-6-8(17)2-3-9(12)13(16)20-14/h1-6H. The molecule has 0 amide bonds. The number of nitrogens with zero attached hydrogens (tertiary/aromatic N) is 2. The van der Waals surface area contributed by atoms with E-state index >= 15 is 0 Å². The molecule has 2 aromatic carbocycles. The fourth-order valence-electron chi connectivity index (χ4n) is 1.83. The molecule has 3 aromatic rings. The largest absolute Gasteiger partial charge is 0.228 e. The summed E-state index contributed by atoms with van der Waals surface area (Å²) in [6, 6.07) is 8.21. The normalized spacial score (nSPS) is 11.0. The Morgan fingerprint density at radius 1 is 0.900 bits per heavy atom. The molecule has 0 aliphatic heterocycles. The number of fused-ring (bicyclic) bond motifs is 1. The van der Waals surface area contributed by atoms with Gasteiger partial charge in [-0.1, -0.05) is 23.2 Å². The van der Waals surface area contributed by atoms with Gasteiger partial charge in [-0.3, -0.25) is 0 Å². The van der Waals surface area contributed by atoms with Crippen molar-refractivity contribution >= 4 is 34.1 Å². The third kappa shape index (κ3) is 2.32. The van der Waals surface area contributed by atoms with Crippen LogP contribution in [0.15, 0.2) is 36.4 Å². The lowest BCUT2D eigenvalue weighted by molar-refractivity contribution is 0.628. The molecule has 6 heteroatoms.